The molecular formula is C14H10ClIN2OS. The lowest BCUT2D eigenvalue weighted by Gasteiger charge is -2.11. The topological polar surface area (TPSA) is 41.1 Å². The van der Waals surface area contributed by atoms with Crippen LogP contribution in [0.1, 0.15) is 10.4 Å². The molecule has 2 N–H and O–H groups in total. The Hall–Kier alpha value is -1.18. The summed E-state index contributed by atoms with van der Waals surface area (Å²) in [6.45, 7) is 0. The average Bonchev–Trinajstić information content (AvgIpc) is 2.41. The first kappa shape index (κ1) is 15.2. The predicted molar refractivity (Wildman–Crippen MR) is 94.3 cm³/mol. The maximum absolute atomic E-state index is 12.1. The molecule has 0 saturated carbocycles. The van der Waals surface area contributed by atoms with E-state index in [1.807, 2.05) is 30.3 Å². The van der Waals surface area contributed by atoms with Crippen molar-refractivity contribution in [1.29, 1.82) is 0 Å². The van der Waals surface area contributed by atoms with Crippen LogP contribution in [0.4, 0.5) is 5.69 Å². The number of thiocarbonyl (C=S) groups is 1. The molecule has 0 saturated heterocycles. The molecule has 0 radical (unpaired) electrons. The Labute approximate surface area is 140 Å². The molecule has 0 heterocycles. The maximum atomic E-state index is 12.1. The summed E-state index contributed by atoms with van der Waals surface area (Å²) in [4.78, 5) is 12.1. The quantitative estimate of drug-likeness (QED) is 0.573. The number of anilines is 1. The molecule has 0 bridgehead atoms. The monoisotopic (exact) mass is 416 g/mol. The lowest BCUT2D eigenvalue weighted by Crippen LogP contribution is -2.34. The zero-order valence-corrected chi connectivity index (χ0v) is 13.9. The minimum absolute atomic E-state index is 0.211. The van der Waals surface area contributed by atoms with Crippen molar-refractivity contribution in [3.63, 3.8) is 0 Å². The first-order chi connectivity index (χ1) is 9.58. The Kier molecular flexibility index (Phi) is 5.33. The number of hydrogen-bond acceptors (Lipinski definition) is 2. The lowest BCUT2D eigenvalue weighted by molar-refractivity contribution is 0.0977. The van der Waals surface area contributed by atoms with Crippen molar-refractivity contribution >= 4 is 63.1 Å². The number of carbonyl (C=O) groups excluding carboxylic acids is 1. The summed E-state index contributed by atoms with van der Waals surface area (Å²) in [6.07, 6.45) is 0. The molecule has 3 nitrogen and oxygen atoms in total. The van der Waals surface area contributed by atoms with Crippen LogP contribution >= 0.6 is 46.4 Å². The fraction of sp³-hybridized carbons (Fsp3) is 0. The number of hydrogen-bond donors (Lipinski definition) is 2. The van der Waals surface area contributed by atoms with Crippen LogP contribution in [0.3, 0.4) is 0 Å². The molecule has 0 fully saturated rings. The van der Waals surface area contributed by atoms with Crippen LogP contribution in [0.2, 0.25) is 5.02 Å². The van der Waals surface area contributed by atoms with Gasteiger partial charge in [-0.15, -0.1) is 0 Å². The Morgan fingerprint density at radius 2 is 1.75 bits per heavy atom. The first-order valence-corrected chi connectivity index (χ1v) is 7.56. The van der Waals surface area contributed by atoms with Gasteiger partial charge in [0.15, 0.2) is 5.11 Å². The first-order valence-electron chi connectivity index (χ1n) is 5.69. The minimum Gasteiger partial charge on any atom is -0.331 e. The van der Waals surface area contributed by atoms with Crippen LogP contribution in [0.25, 0.3) is 0 Å². The van der Waals surface area contributed by atoms with Crippen LogP contribution in [0, 0.1) is 3.57 Å². The second-order valence-electron chi connectivity index (χ2n) is 3.87. The largest absolute Gasteiger partial charge is 0.331 e. The van der Waals surface area contributed by atoms with Gasteiger partial charge in [-0.05, 0) is 59.1 Å². The van der Waals surface area contributed by atoms with Gasteiger partial charge in [-0.2, -0.15) is 0 Å². The van der Waals surface area contributed by atoms with E-state index in [0.29, 0.717) is 16.3 Å². The number of amides is 1. The molecule has 0 aliphatic carbocycles. The van der Waals surface area contributed by atoms with Gasteiger partial charge in [-0.1, -0.05) is 35.9 Å². The van der Waals surface area contributed by atoms with E-state index in [-0.39, 0.29) is 11.0 Å². The van der Waals surface area contributed by atoms with Gasteiger partial charge in [0.05, 0.1) is 16.3 Å². The summed E-state index contributed by atoms with van der Waals surface area (Å²) in [7, 11) is 0. The third kappa shape index (κ3) is 3.91. The van der Waals surface area contributed by atoms with Crippen molar-refractivity contribution in [2.75, 3.05) is 5.32 Å². The van der Waals surface area contributed by atoms with E-state index in [0.717, 1.165) is 3.57 Å². The third-order valence-corrected chi connectivity index (χ3v) is 3.94. The maximum Gasteiger partial charge on any atom is 0.258 e. The zero-order chi connectivity index (χ0) is 14.5. The fourth-order valence-electron chi connectivity index (χ4n) is 1.53. The highest BCUT2D eigenvalue weighted by Gasteiger charge is 2.11. The Morgan fingerprint density at radius 3 is 2.45 bits per heavy atom. The van der Waals surface area contributed by atoms with Crippen LogP contribution in [-0.4, -0.2) is 11.0 Å². The number of carbonyl (C=O) groups is 1. The van der Waals surface area contributed by atoms with Gasteiger partial charge in [0.2, 0.25) is 0 Å². The summed E-state index contributed by atoms with van der Waals surface area (Å²) in [5.41, 5.74) is 1.23. The van der Waals surface area contributed by atoms with Crippen LogP contribution < -0.4 is 10.6 Å². The van der Waals surface area contributed by atoms with Crippen LogP contribution in [0.5, 0.6) is 0 Å². The van der Waals surface area contributed by atoms with Gasteiger partial charge in [0, 0.05) is 3.57 Å². The van der Waals surface area contributed by atoms with Gasteiger partial charge >= 0.3 is 0 Å². The average molecular weight is 417 g/mol. The summed E-state index contributed by atoms with van der Waals surface area (Å²) in [5.74, 6) is -0.250. The summed E-state index contributed by atoms with van der Waals surface area (Å²) in [6, 6.07) is 14.5. The molecular weight excluding hydrogens is 407 g/mol. The molecule has 20 heavy (non-hydrogen) atoms. The van der Waals surface area contributed by atoms with Crippen molar-refractivity contribution in [1.82, 2.24) is 5.32 Å². The molecule has 0 atom stereocenters. The Morgan fingerprint density at radius 1 is 1.10 bits per heavy atom. The molecule has 0 aliphatic heterocycles. The van der Waals surface area contributed by atoms with Crippen LogP contribution in [-0.2, 0) is 0 Å². The zero-order valence-electron chi connectivity index (χ0n) is 10.2. The van der Waals surface area contributed by atoms with Crippen LogP contribution in [0.15, 0.2) is 48.5 Å². The highest BCUT2D eigenvalue weighted by Crippen LogP contribution is 2.20. The third-order valence-electron chi connectivity index (χ3n) is 2.47. The van der Waals surface area contributed by atoms with E-state index >= 15 is 0 Å². The molecule has 2 aromatic rings. The van der Waals surface area contributed by atoms with Gasteiger partial charge in [0.25, 0.3) is 5.91 Å². The number of para-hydroxylation sites is 1. The normalized spacial score (nSPS) is 9.90. The van der Waals surface area contributed by atoms with E-state index < -0.39 is 0 Å². The fourth-order valence-corrected chi connectivity index (χ4v) is 2.55. The van der Waals surface area contributed by atoms with E-state index in [1.54, 1.807) is 18.2 Å². The second-order valence-corrected chi connectivity index (χ2v) is 5.85. The highest BCUT2D eigenvalue weighted by molar-refractivity contribution is 14.1. The van der Waals surface area contributed by atoms with Crippen molar-refractivity contribution in [2.24, 2.45) is 0 Å². The lowest BCUT2D eigenvalue weighted by atomic mass is 10.2. The number of halogens is 2. The smallest absolute Gasteiger partial charge is 0.258 e. The van der Waals surface area contributed by atoms with E-state index in [9.17, 15) is 4.79 Å². The SMILES string of the molecule is O=C(NC(=S)Nc1ccccc1Cl)c1ccccc1I. The van der Waals surface area contributed by atoms with Gasteiger partial charge in [-0.3, -0.25) is 10.1 Å². The minimum atomic E-state index is -0.250. The van der Waals surface area contributed by atoms with Crippen molar-refractivity contribution in [3.8, 4) is 0 Å². The molecule has 2 rings (SSSR count). The van der Waals surface area contributed by atoms with Crippen molar-refractivity contribution in [3.05, 3.63) is 62.7 Å². The van der Waals surface area contributed by atoms with Gasteiger partial charge in [-0.25, -0.2) is 0 Å². The Bertz CT molecular complexity index is 663. The number of rotatable bonds is 2. The molecule has 0 spiro atoms. The molecule has 2 aromatic carbocycles. The van der Waals surface area contributed by atoms with Gasteiger partial charge in [0.1, 0.15) is 0 Å². The summed E-state index contributed by atoms with van der Waals surface area (Å²) in [5, 5.41) is 6.28. The summed E-state index contributed by atoms with van der Waals surface area (Å²) >= 11 is 13.2. The van der Waals surface area contributed by atoms with Crippen molar-refractivity contribution in [2.45, 2.75) is 0 Å². The molecule has 0 aliphatic rings. The Balaban J connectivity index is 2.04. The number of nitrogens with one attached hydrogen (secondary N) is 2. The molecule has 0 unspecified atom stereocenters. The number of benzene rings is 2. The predicted octanol–water partition coefficient (Wildman–Crippen LogP) is 4.07. The van der Waals surface area contributed by atoms with E-state index in [4.69, 9.17) is 23.8 Å². The molecule has 0 aromatic heterocycles. The van der Waals surface area contributed by atoms with E-state index in [1.165, 1.54) is 0 Å². The standard InChI is InChI=1S/C14H10ClIN2OS/c15-10-6-2-4-8-12(10)17-14(20)18-13(19)9-5-1-3-7-11(9)16/h1-8H,(H2,17,18,19,20). The van der Waals surface area contributed by atoms with Crippen molar-refractivity contribution < 1.29 is 4.79 Å². The van der Waals surface area contributed by atoms with E-state index in [2.05, 4.69) is 33.2 Å². The summed E-state index contributed by atoms with van der Waals surface area (Å²) < 4.78 is 0.864. The molecule has 6 heteroatoms. The molecule has 102 valence electrons. The second kappa shape index (κ2) is 7.01. The molecule has 1 amide bonds. The van der Waals surface area contributed by atoms with Gasteiger partial charge < -0.3 is 5.32 Å². The highest BCUT2D eigenvalue weighted by atomic mass is 127.